The van der Waals surface area contributed by atoms with Crippen LogP contribution in [0.5, 0.6) is 0 Å². The number of nitrogens with zero attached hydrogens (tertiary/aromatic N) is 2. The van der Waals surface area contributed by atoms with Crippen LogP contribution in [0.25, 0.3) is 0 Å². The van der Waals surface area contributed by atoms with E-state index < -0.39 is 0 Å². The normalized spacial score (nSPS) is 10.6. The van der Waals surface area contributed by atoms with E-state index in [4.69, 9.17) is 58.0 Å². The van der Waals surface area contributed by atoms with Gasteiger partial charge >= 0.3 is 0 Å². The molecule has 4 aromatic carbocycles. The van der Waals surface area contributed by atoms with Crippen LogP contribution >= 0.6 is 81.5 Å². The van der Waals surface area contributed by atoms with Crippen molar-refractivity contribution in [2.45, 2.75) is 26.1 Å². The van der Waals surface area contributed by atoms with Crippen LogP contribution in [0.3, 0.4) is 0 Å². The van der Waals surface area contributed by atoms with Gasteiger partial charge in [-0.3, -0.25) is 0 Å². The van der Waals surface area contributed by atoms with Crippen LogP contribution in [0.1, 0.15) is 16.7 Å². The number of halogens is 5. The van der Waals surface area contributed by atoms with Gasteiger partial charge in [-0.2, -0.15) is 10.5 Å². The maximum Gasteiger partial charge on any atom is 0.103 e. The van der Waals surface area contributed by atoms with Crippen molar-refractivity contribution in [2.75, 3.05) is 5.32 Å². The Morgan fingerprint density at radius 3 is 1.76 bits per heavy atom. The monoisotopic (exact) mass is 619 g/mol. The number of hydrogen-bond donors (Lipinski definition) is 1. The molecule has 0 fully saturated rings. The predicted molar refractivity (Wildman–Crippen MR) is 156 cm³/mol. The first kappa shape index (κ1) is 27.8. The molecule has 0 heterocycles. The lowest BCUT2D eigenvalue weighted by Gasteiger charge is -2.21. The smallest absolute Gasteiger partial charge is 0.103 e. The van der Waals surface area contributed by atoms with Crippen molar-refractivity contribution in [3.8, 4) is 12.1 Å². The fraction of sp³-hybridized carbons (Fsp3) is 0.0370. The van der Waals surface area contributed by atoms with Crippen molar-refractivity contribution in [2.24, 2.45) is 0 Å². The molecule has 0 aliphatic carbocycles. The maximum atomic E-state index is 10.1. The molecule has 4 aromatic rings. The molecule has 184 valence electrons. The number of benzene rings is 4. The summed E-state index contributed by atoms with van der Waals surface area (Å²) in [5.74, 6) is 0. The van der Waals surface area contributed by atoms with Gasteiger partial charge in [-0.05, 0) is 42.0 Å². The van der Waals surface area contributed by atoms with E-state index in [9.17, 15) is 10.5 Å². The predicted octanol–water partition coefficient (Wildman–Crippen LogP) is 10.6. The molecule has 0 aliphatic heterocycles. The summed E-state index contributed by atoms with van der Waals surface area (Å²) in [4.78, 5) is 2.41. The minimum Gasteiger partial charge on any atom is -0.379 e. The highest BCUT2D eigenvalue weighted by Gasteiger charge is 2.26. The molecule has 0 atom stereocenters. The van der Waals surface area contributed by atoms with Gasteiger partial charge in [0.1, 0.15) is 12.1 Å². The molecule has 37 heavy (non-hydrogen) atoms. The SMILES string of the molecule is N#Cc1c(Cl)c(Sc2cc(Cl)ccc2Cl)c(Sc2cc(Cl)ccc2Cl)c(NCc2ccccc2)c1C#N. The lowest BCUT2D eigenvalue weighted by molar-refractivity contribution is 1.10. The molecule has 0 saturated heterocycles. The maximum absolute atomic E-state index is 10.1. The van der Waals surface area contributed by atoms with E-state index in [1.165, 1.54) is 23.5 Å². The van der Waals surface area contributed by atoms with Crippen LogP contribution in [0.4, 0.5) is 5.69 Å². The Morgan fingerprint density at radius 2 is 1.22 bits per heavy atom. The van der Waals surface area contributed by atoms with Crippen LogP contribution in [-0.4, -0.2) is 0 Å². The molecule has 0 amide bonds. The molecular formula is C27H14Cl5N3S2. The van der Waals surface area contributed by atoms with Crippen LogP contribution in [0.15, 0.2) is 86.3 Å². The third kappa shape index (κ3) is 6.45. The van der Waals surface area contributed by atoms with Gasteiger partial charge in [0.25, 0.3) is 0 Å². The van der Waals surface area contributed by atoms with E-state index >= 15 is 0 Å². The molecule has 4 rings (SSSR count). The van der Waals surface area contributed by atoms with E-state index in [-0.39, 0.29) is 16.1 Å². The van der Waals surface area contributed by atoms with Gasteiger partial charge in [-0.25, -0.2) is 0 Å². The Morgan fingerprint density at radius 1 is 0.676 bits per heavy atom. The highest BCUT2D eigenvalue weighted by molar-refractivity contribution is 8.02. The number of anilines is 1. The summed E-state index contributed by atoms with van der Waals surface area (Å²) in [6, 6.07) is 24.1. The van der Waals surface area contributed by atoms with E-state index in [0.29, 0.717) is 51.9 Å². The zero-order chi connectivity index (χ0) is 26.5. The third-order valence-corrected chi connectivity index (χ3v) is 9.41. The van der Waals surface area contributed by atoms with Crippen molar-refractivity contribution in [1.82, 2.24) is 0 Å². The summed E-state index contributed by atoms with van der Waals surface area (Å²) < 4.78 is 0. The topological polar surface area (TPSA) is 59.6 Å². The van der Waals surface area contributed by atoms with Crippen molar-refractivity contribution in [1.29, 1.82) is 10.5 Å². The molecule has 0 unspecified atom stereocenters. The average Bonchev–Trinajstić information content (AvgIpc) is 2.89. The molecule has 10 heteroatoms. The Labute approximate surface area is 248 Å². The fourth-order valence-corrected chi connectivity index (χ4v) is 6.96. The molecule has 0 bridgehead atoms. The number of nitriles is 2. The standard InChI is InChI=1S/C27H14Cl5N3S2/c28-16-6-8-20(30)22(10-16)36-26-24(32)18(12-33)19(13-34)25(35-14-15-4-2-1-3-5-15)27(26)37-23-11-17(29)7-9-21(23)31/h1-11,35H,14H2. The Bertz CT molecular complexity index is 1560. The molecule has 0 saturated carbocycles. The van der Waals surface area contributed by atoms with E-state index in [1.54, 1.807) is 36.4 Å². The summed E-state index contributed by atoms with van der Waals surface area (Å²) in [6.07, 6.45) is 0. The largest absolute Gasteiger partial charge is 0.379 e. The molecule has 0 aliphatic rings. The third-order valence-electron chi connectivity index (χ3n) is 5.10. The van der Waals surface area contributed by atoms with Crippen LogP contribution < -0.4 is 5.32 Å². The van der Waals surface area contributed by atoms with Gasteiger partial charge in [0.15, 0.2) is 0 Å². The first-order chi connectivity index (χ1) is 17.8. The zero-order valence-corrected chi connectivity index (χ0v) is 24.1. The number of nitrogens with one attached hydrogen (secondary N) is 1. The summed E-state index contributed by atoms with van der Waals surface area (Å²) in [5, 5.41) is 25.5. The van der Waals surface area contributed by atoms with Gasteiger partial charge in [0.2, 0.25) is 0 Å². The quantitative estimate of drug-likeness (QED) is 0.222. The van der Waals surface area contributed by atoms with Crippen LogP contribution in [-0.2, 0) is 6.54 Å². The van der Waals surface area contributed by atoms with Gasteiger partial charge < -0.3 is 5.32 Å². The zero-order valence-electron chi connectivity index (χ0n) is 18.7. The van der Waals surface area contributed by atoms with E-state index in [1.807, 2.05) is 30.3 Å². The Balaban J connectivity index is 1.96. The van der Waals surface area contributed by atoms with Gasteiger partial charge in [-0.1, -0.05) is 112 Å². The second kappa shape index (κ2) is 12.6. The summed E-state index contributed by atoms with van der Waals surface area (Å²) in [6.45, 7) is 0.404. The fourth-order valence-electron chi connectivity index (χ4n) is 3.37. The van der Waals surface area contributed by atoms with Crippen molar-refractivity contribution in [3.63, 3.8) is 0 Å². The van der Waals surface area contributed by atoms with Gasteiger partial charge in [0, 0.05) is 31.3 Å². The highest BCUT2D eigenvalue weighted by atomic mass is 35.5. The summed E-state index contributed by atoms with van der Waals surface area (Å²) >= 11 is 34.8. The lowest BCUT2D eigenvalue weighted by Crippen LogP contribution is -2.06. The minimum absolute atomic E-state index is 0.0573. The molecular weight excluding hydrogens is 608 g/mol. The Kier molecular flexibility index (Phi) is 9.46. The number of rotatable bonds is 7. The molecule has 0 spiro atoms. The first-order valence-corrected chi connectivity index (χ1v) is 14.1. The lowest BCUT2D eigenvalue weighted by atomic mass is 10.1. The van der Waals surface area contributed by atoms with Crippen LogP contribution in [0, 0.1) is 22.7 Å². The Hall–Kier alpha value is -2.19. The van der Waals surface area contributed by atoms with Gasteiger partial charge in [0.05, 0.1) is 36.8 Å². The van der Waals surface area contributed by atoms with E-state index in [2.05, 4.69) is 17.5 Å². The number of hydrogen-bond acceptors (Lipinski definition) is 5. The van der Waals surface area contributed by atoms with Crippen molar-refractivity contribution < 1.29 is 0 Å². The minimum atomic E-state index is 0.0573. The molecule has 0 radical (unpaired) electrons. The summed E-state index contributed by atoms with van der Waals surface area (Å²) in [7, 11) is 0. The van der Waals surface area contributed by atoms with E-state index in [0.717, 1.165) is 5.56 Å². The average molecular weight is 622 g/mol. The second-order valence-corrected chi connectivity index (χ2v) is 11.7. The molecule has 1 N–H and O–H groups in total. The molecule has 3 nitrogen and oxygen atoms in total. The first-order valence-electron chi connectivity index (χ1n) is 10.6. The van der Waals surface area contributed by atoms with Gasteiger partial charge in [-0.15, -0.1) is 0 Å². The summed E-state index contributed by atoms with van der Waals surface area (Å²) in [5.41, 5.74) is 1.63. The highest BCUT2D eigenvalue weighted by Crippen LogP contribution is 2.52. The van der Waals surface area contributed by atoms with Crippen molar-refractivity contribution in [3.05, 3.63) is 109 Å². The second-order valence-electron chi connectivity index (χ2n) is 7.51. The molecule has 0 aromatic heterocycles. The van der Waals surface area contributed by atoms with Crippen LogP contribution in [0.2, 0.25) is 25.1 Å². The van der Waals surface area contributed by atoms with Crippen molar-refractivity contribution >= 4 is 87.2 Å².